The molecule has 3 rings (SSSR count). The first kappa shape index (κ1) is 13.0. The number of aromatic nitrogens is 1. The Kier molecular flexibility index (Phi) is 2.79. The fraction of sp³-hybridized carbons (Fsp3) is 0.0667. The smallest absolute Gasteiger partial charge is 0.335 e. The molecule has 1 heterocycles. The molecule has 0 saturated carbocycles. The first-order chi connectivity index (χ1) is 9.95. The van der Waals surface area contributed by atoms with Crippen LogP contribution < -0.4 is 5.73 Å². The lowest BCUT2D eigenvalue weighted by Crippen LogP contribution is -1.99. The Balaban J connectivity index is 2.12. The highest BCUT2D eigenvalue weighted by Crippen LogP contribution is 2.31. The number of benzene rings is 2. The van der Waals surface area contributed by atoms with Crippen LogP contribution in [0.2, 0.25) is 0 Å². The van der Waals surface area contributed by atoms with Crippen molar-refractivity contribution in [2.75, 3.05) is 5.73 Å². The molecule has 0 radical (unpaired) electrons. The van der Waals surface area contributed by atoms with Gasteiger partial charge in [-0.15, -0.1) is 0 Å². The summed E-state index contributed by atoms with van der Waals surface area (Å²) in [6, 6.07) is 7.76. The maximum Gasteiger partial charge on any atom is 0.335 e. The second kappa shape index (κ2) is 4.52. The number of nitrogen functional groups attached to an aromatic ring is 1. The van der Waals surface area contributed by atoms with Gasteiger partial charge < -0.3 is 20.4 Å². The molecule has 1 aromatic heterocycles. The Morgan fingerprint density at radius 3 is 2.71 bits per heavy atom. The number of rotatable bonds is 2. The molecule has 4 N–H and O–H groups in total. The van der Waals surface area contributed by atoms with Crippen LogP contribution in [-0.2, 0) is 0 Å². The lowest BCUT2D eigenvalue weighted by atomic mass is 10.1. The molecule has 0 spiro atoms. The number of aromatic carboxylic acids is 1. The largest absolute Gasteiger partial charge is 0.506 e. The maximum atomic E-state index is 11.0. The molecule has 0 fully saturated rings. The number of carboxylic acid groups (broad SMARTS) is 1. The predicted molar refractivity (Wildman–Crippen MR) is 77.2 cm³/mol. The number of aryl methyl sites for hydroxylation is 1. The SMILES string of the molecule is Cc1cc(-c2nc3cc(N)c(O)cc3o2)ccc1C(=O)O. The van der Waals surface area contributed by atoms with Crippen LogP contribution in [0.15, 0.2) is 34.7 Å². The number of carboxylic acids is 1. The van der Waals surface area contributed by atoms with Crippen molar-refractivity contribution in [2.45, 2.75) is 6.92 Å². The molecule has 0 saturated heterocycles. The van der Waals surface area contributed by atoms with Crippen LogP contribution in [0.4, 0.5) is 5.69 Å². The lowest BCUT2D eigenvalue weighted by Gasteiger charge is -2.02. The summed E-state index contributed by atoms with van der Waals surface area (Å²) in [6.07, 6.45) is 0. The van der Waals surface area contributed by atoms with E-state index in [9.17, 15) is 9.90 Å². The van der Waals surface area contributed by atoms with Crippen LogP contribution in [0.1, 0.15) is 15.9 Å². The first-order valence-electron chi connectivity index (χ1n) is 6.19. The lowest BCUT2D eigenvalue weighted by molar-refractivity contribution is 0.0696. The molecule has 0 unspecified atom stereocenters. The van der Waals surface area contributed by atoms with Gasteiger partial charge in [-0.25, -0.2) is 9.78 Å². The van der Waals surface area contributed by atoms with Crippen LogP contribution in [0, 0.1) is 6.92 Å². The molecule has 0 bridgehead atoms. The number of hydrogen-bond donors (Lipinski definition) is 3. The van der Waals surface area contributed by atoms with Crippen LogP contribution in [0.3, 0.4) is 0 Å². The summed E-state index contributed by atoms with van der Waals surface area (Å²) in [6.45, 7) is 1.71. The number of nitrogens with zero attached hydrogens (tertiary/aromatic N) is 1. The monoisotopic (exact) mass is 284 g/mol. The summed E-state index contributed by atoms with van der Waals surface area (Å²) < 4.78 is 5.57. The van der Waals surface area contributed by atoms with Crippen molar-refractivity contribution in [3.63, 3.8) is 0 Å². The van der Waals surface area contributed by atoms with E-state index in [4.69, 9.17) is 15.3 Å². The van der Waals surface area contributed by atoms with Gasteiger partial charge in [-0.3, -0.25) is 0 Å². The highest BCUT2D eigenvalue weighted by molar-refractivity contribution is 5.90. The Hall–Kier alpha value is -3.02. The molecule has 0 aliphatic carbocycles. The van der Waals surface area contributed by atoms with E-state index in [-0.39, 0.29) is 17.0 Å². The highest BCUT2D eigenvalue weighted by atomic mass is 16.4. The van der Waals surface area contributed by atoms with E-state index in [2.05, 4.69) is 4.98 Å². The number of hydrogen-bond acceptors (Lipinski definition) is 5. The van der Waals surface area contributed by atoms with Crippen molar-refractivity contribution in [3.05, 3.63) is 41.5 Å². The van der Waals surface area contributed by atoms with Crippen LogP contribution in [0.5, 0.6) is 5.75 Å². The molecular formula is C15H12N2O4. The standard InChI is InChI=1S/C15H12N2O4/c1-7-4-8(2-3-9(7)15(19)20)14-17-11-5-10(16)12(18)6-13(11)21-14/h2-6,18H,16H2,1H3,(H,19,20). The third kappa shape index (κ3) is 2.16. The molecule has 21 heavy (non-hydrogen) atoms. The number of nitrogens with two attached hydrogens (primary N) is 1. The number of fused-ring (bicyclic) bond motifs is 1. The van der Waals surface area contributed by atoms with E-state index in [1.165, 1.54) is 18.2 Å². The van der Waals surface area contributed by atoms with E-state index in [0.29, 0.717) is 28.1 Å². The summed E-state index contributed by atoms with van der Waals surface area (Å²) in [4.78, 5) is 15.3. The zero-order valence-electron chi connectivity index (χ0n) is 11.1. The van der Waals surface area contributed by atoms with Crippen molar-refractivity contribution in [2.24, 2.45) is 0 Å². The fourth-order valence-electron chi connectivity index (χ4n) is 2.14. The minimum atomic E-state index is -0.977. The molecule has 106 valence electrons. The number of carbonyl (C=O) groups is 1. The van der Waals surface area contributed by atoms with Gasteiger partial charge in [0.25, 0.3) is 0 Å². The zero-order valence-corrected chi connectivity index (χ0v) is 11.1. The predicted octanol–water partition coefficient (Wildman–Crippen LogP) is 2.79. The fourth-order valence-corrected chi connectivity index (χ4v) is 2.14. The number of phenols is 1. The van der Waals surface area contributed by atoms with E-state index >= 15 is 0 Å². The Morgan fingerprint density at radius 1 is 1.29 bits per heavy atom. The van der Waals surface area contributed by atoms with E-state index < -0.39 is 5.97 Å². The average molecular weight is 284 g/mol. The summed E-state index contributed by atoms with van der Waals surface area (Å²) in [5, 5.41) is 18.6. The van der Waals surface area contributed by atoms with Gasteiger partial charge in [-0.2, -0.15) is 0 Å². The average Bonchev–Trinajstić information content (AvgIpc) is 2.81. The second-order valence-electron chi connectivity index (χ2n) is 4.73. The van der Waals surface area contributed by atoms with Crippen molar-refractivity contribution in [1.29, 1.82) is 0 Å². The van der Waals surface area contributed by atoms with Crippen molar-refractivity contribution in [1.82, 2.24) is 4.98 Å². The maximum absolute atomic E-state index is 11.0. The minimum absolute atomic E-state index is 0.0670. The van der Waals surface area contributed by atoms with E-state index in [1.54, 1.807) is 19.1 Å². The third-order valence-electron chi connectivity index (χ3n) is 3.24. The molecule has 3 aromatic rings. The molecule has 0 aliphatic heterocycles. The van der Waals surface area contributed by atoms with Crippen LogP contribution in [0.25, 0.3) is 22.6 Å². The quantitative estimate of drug-likeness (QED) is 0.493. The van der Waals surface area contributed by atoms with Gasteiger partial charge in [-0.05, 0) is 36.8 Å². The van der Waals surface area contributed by atoms with Gasteiger partial charge in [0.05, 0.1) is 11.3 Å². The molecule has 0 aliphatic rings. The third-order valence-corrected chi connectivity index (χ3v) is 3.24. The van der Waals surface area contributed by atoms with Gasteiger partial charge in [0.2, 0.25) is 5.89 Å². The number of anilines is 1. The van der Waals surface area contributed by atoms with Crippen molar-refractivity contribution >= 4 is 22.8 Å². The van der Waals surface area contributed by atoms with Crippen molar-refractivity contribution in [3.8, 4) is 17.2 Å². The topological polar surface area (TPSA) is 110 Å². The van der Waals surface area contributed by atoms with Gasteiger partial charge in [0.15, 0.2) is 5.58 Å². The molecule has 0 atom stereocenters. The van der Waals surface area contributed by atoms with Crippen molar-refractivity contribution < 1.29 is 19.4 Å². The van der Waals surface area contributed by atoms with Crippen LogP contribution >= 0.6 is 0 Å². The number of aromatic hydroxyl groups is 1. The van der Waals surface area contributed by atoms with Crippen LogP contribution in [-0.4, -0.2) is 21.2 Å². The zero-order chi connectivity index (χ0) is 15.1. The number of phenolic OH excluding ortho intramolecular Hbond substituents is 1. The number of oxazole rings is 1. The second-order valence-corrected chi connectivity index (χ2v) is 4.73. The molecule has 2 aromatic carbocycles. The molecule has 6 nitrogen and oxygen atoms in total. The highest BCUT2D eigenvalue weighted by Gasteiger charge is 2.13. The Bertz CT molecular complexity index is 828. The summed E-state index contributed by atoms with van der Waals surface area (Å²) in [5.41, 5.74) is 8.29. The summed E-state index contributed by atoms with van der Waals surface area (Å²) >= 11 is 0. The molecular weight excluding hydrogens is 272 g/mol. The molecule has 6 heteroatoms. The Labute approximate surface area is 119 Å². The van der Waals surface area contributed by atoms with Gasteiger partial charge in [0.1, 0.15) is 11.3 Å². The van der Waals surface area contributed by atoms with Gasteiger partial charge in [-0.1, -0.05) is 0 Å². The van der Waals surface area contributed by atoms with Gasteiger partial charge in [0, 0.05) is 11.6 Å². The summed E-state index contributed by atoms with van der Waals surface area (Å²) in [7, 11) is 0. The molecule has 0 amide bonds. The van der Waals surface area contributed by atoms with Gasteiger partial charge >= 0.3 is 5.97 Å². The Morgan fingerprint density at radius 2 is 2.05 bits per heavy atom. The summed E-state index contributed by atoms with van der Waals surface area (Å²) in [5.74, 6) is -0.702. The normalized spacial score (nSPS) is 10.9. The first-order valence-corrected chi connectivity index (χ1v) is 6.19. The minimum Gasteiger partial charge on any atom is -0.506 e. The van der Waals surface area contributed by atoms with E-state index in [1.807, 2.05) is 0 Å². The van der Waals surface area contributed by atoms with E-state index in [0.717, 1.165) is 0 Å².